The van der Waals surface area contributed by atoms with Crippen LogP contribution in [0, 0.1) is 17.6 Å². The van der Waals surface area contributed by atoms with Crippen molar-refractivity contribution in [1.29, 1.82) is 0 Å². The van der Waals surface area contributed by atoms with Crippen molar-refractivity contribution < 1.29 is 21.9 Å². The van der Waals surface area contributed by atoms with Crippen molar-refractivity contribution in [3.05, 3.63) is 59.7 Å². The number of halogens is 2. The molecule has 1 saturated carbocycles. The molecule has 7 heteroatoms. The van der Waals surface area contributed by atoms with Crippen LogP contribution in [0.5, 0.6) is 5.75 Å². The first kappa shape index (κ1) is 18.8. The lowest BCUT2D eigenvalue weighted by molar-refractivity contribution is 0.302. The number of sulfonamides is 1. The topological polar surface area (TPSA) is 46.6 Å². The van der Waals surface area contributed by atoms with Gasteiger partial charge in [-0.3, -0.25) is 0 Å². The SMILES string of the molecule is COc1ccc(CN(C(C)C2CC2)S(=O)(=O)c2cc(F)cc(F)c2)cc1. The van der Waals surface area contributed by atoms with E-state index in [4.69, 9.17) is 4.74 Å². The molecule has 0 heterocycles. The minimum Gasteiger partial charge on any atom is -0.497 e. The lowest BCUT2D eigenvalue weighted by Crippen LogP contribution is -2.39. The highest BCUT2D eigenvalue weighted by Crippen LogP contribution is 2.38. The standard InChI is InChI=1S/C19H21F2NO3S/c1-13(15-5-6-15)22(12-14-3-7-18(25-2)8-4-14)26(23,24)19-10-16(20)9-17(21)11-19/h3-4,7-11,13,15H,5-6,12H2,1-2H3. The molecule has 0 spiro atoms. The summed E-state index contributed by atoms with van der Waals surface area (Å²) >= 11 is 0. The summed E-state index contributed by atoms with van der Waals surface area (Å²) in [5.41, 5.74) is 0.777. The van der Waals surface area contributed by atoms with Crippen molar-refractivity contribution >= 4 is 10.0 Å². The molecule has 0 radical (unpaired) electrons. The van der Waals surface area contributed by atoms with E-state index in [1.165, 1.54) is 4.31 Å². The quantitative estimate of drug-likeness (QED) is 0.729. The zero-order valence-corrected chi connectivity index (χ0v) is 15.5. The summed E-state index contributed by atoms with van der Waals surface area (Å²) in [4.78, 5) is -0.365. The molecule has 1 atom stereocenters. The van der Waals surface area contributed by atoms with Crippen LogP contribution in [0.1, 0.15) is 25.3 Å². The largest absolute Gasteiger partial charge is 0.497 e. The van der Waals surface area contributed by atoms with Crippen LogP contribution in [-0.2, 0) is 16.6 Å². The summed E-state index contributed by atoms with van der Waals surface area (Å²) in [6, 6.07) is 9.21. The van der Waals surface area contributed by atoms with E-state index in [2.05, 4.69) is 0 Å². The predicted molar refractivity (Wildman–Crippen MR) is 94.3 cm³/mol. The second kappa shape index (κ2) is 7.32. The number of rotatable bonds is 7. The molecule has 4 nitrogen and oxygen atoms in total. The molecule has 0 saturated heterocycles. The fourth-order valence-corrected chi connectivity index (χ4v) is 4.71. The fraction of sp³-hybridized carbons (Fsp3) is 0.368. The Kier molecular flexibility index (Phi) is 5.29. The Balaban J connectivity index is 1.96. The van der Waals surface area contributed by atoms with Crippen LogP contribution in [0.15, 0.2) is 47.4 Å². The third kappa shape index (κ3) is 4.04. The van der Waals surface area contributed by atoms with Crippen LogP contribution in [0.2, 0.25) is 0 Å². The van der Waals surface area contributed by atoms with Gasteiger partial charge in [-0.2, -0.15) is 4.31 Å². The van der Waals surface area contributed by atoms with Gasteiger partial charge in [-0.25, -0.2) is 17.2 Å². The van der Waals surface area contributed by atoms with Crippen molar-refractivity contribution in [2.45, 2.75) is 37.2 Å². The van der Waals surface area contributed by atoms with Crippen LogP contribution in [0.3, 0.4) is 0 Å². The third-order valence-electron chi connectivity index (χ3n) is 4.70. The average Bonchev–Trinajstić information content (AvgIpc) is 3.43. The Bertz CT molecular complexity index is 860. The first-order valence-electron chi connectivity index (χ1n) is 8.42. The summed E-state index contributed by atoms with van der Waals surface area (Å²) < 4.78 is 59.8. The number of methoxy groups -OCH3 is 1. The molecule has 0 amide bonds. The summed E-state index contributed by atoms with van der Waals surface area (Å²) in [6.45, 7) is 1.97. The lowest BCUT2D eigenvalue weighted by Gasteiger charge is -2.28. The van der Waals surface area contributed by atoms with Gasteiger partial charge in [0.25, 0.3) is 0 Å². The van der Waals surface area contributed by atoms with Gasteiger partial charge in [0.15, 0.2) is 0 Å². The van der Waals surface area contributed by atoms with Crippen LogP contribution in [-0.4, -0.2) is 25.9 Å². The lowest BCUT2D eigenvalue weighted by atomic mass is 10.1. The molecular formula is C19H21F2NO3S. The molecule has 1 fully saturated rings. The van der Waals surface area contributed by atoms with Crippen molar-refractivity contribution in [2.75, 3.05) is 7.11 Å². The van der Waals surface area contributed by atoms with Gasteiger partial charge < -0.3 is 4.74 Å². The summed E-state index contributed by atoms with van der Waals surface area (Å²) in [5.74, 6) is -0.883. The summed E-state index contributed by atoms with van der Waals surface area (Å²) in [6.07, 6.45) is 1.90. The van der Waals surface area contributed by atoms with Gasteiger partial charge in [0, 0.05) is 18.7 Å². The molecule has 1 aliphatic carbocycles. The number of hydrogen-bond acceptors (Lipinski definition) is 3. The molecule has 0 N–H and O–H groups in total. The molecule has 0 aromatic heterocycles. The predicted octanol–water partition coefficient (Wildman–Crippen LogP) is 3.96. The van der Waals surface area contributed by atoms with Crippen LogP contribution < -0.4 is 4.74 Å². The Morgan fingerprint density at radius 1 is 1.12 bits per heavy atom. The first-order valence-corrected chi connectivity index (χ1v) is 9.86. The van der Waals surface area contributed by atoms with Gasteiger partial charge in [0.1, 0.15) is 17.4 Å². The van der Waals surface area contributed by atoms with Gasteiger partial charge in [-0.1, -0.05) is 12.1 Å². The van der Waals surface area contributed by atoms with Crippen LogP contribution >= 0.6 is 0 Å². The Morgan fingerprint density at radius 3 is 2.19 bits per heavy atom. The molecule has 0 bridgehead atoms. The van der Waals surface area contributed by atoms with E-state index in [9.17, 15) is 17.2 Å². The van der Waals surface area contributed by atoms with Gasteiger partial charge in [-0.15, -0.1) is 0 Å². The highest BCUT2D eigenvalue weighted by molar-refractivity contribution is 7.89. The zero-order valence-electron chi connectivity index (χ0n) is 14.7. The molecule has 3 rings (SSSR count). The van der Waals surface area contributed by atoms with Gasteiger partial charge in [-0.05, 0) is 55.5 Å². The number of benzene rings is 2. The van der Waals surface area contributed by atoms with Crippen molar-refractivity contribution in [3.63, 3.8) is 0 Å². The van der Waals surface area contributed by atoms with Gasteiger partial charge in [0.05, 0.1) is 12.0 Å². The van der Waals surface area contributed by atoms with E-state index >= 15 is 0 Å². The Labute approximate surface area is 152 Å². The normalized spacial score (nSPS) is 15.9. The number of nitrogens with zero attached hydrogens (tertiary/aromatic N) is 1. The third-order valence-corrected chi connectivity index (χ3v) is 6.61. The molecule has 1 unspecified atom stereocenters. The Morgan fingerprint density at radius 2 is 1.69 bits per heavy atom. The van der Waals surface area contributed by atoms with Crippen molar-refractivity contribution in [3.8, 4) is 5.75 Å². The summed E-state index contributed by atoms with van der Waals surface area (Å²) in [7, 11) is -2.49. The molecule has 0 aliphatic heterocycles. The maximum Gasteiger partial charge on any atom is 0.243 e. The second-order valence-corrected chi connectivity index (χ2v) is 8.47. The Hall–Kier alpha value is -1.99. The number of hydrogen-bond donors (Lipinski definition) is 0. The van der Waals surface area contributed by atoms with Crippen molar-refractivity contribution in [1.82, 2.24) is 4.31 Å². The van der Waals surface area contributed by atoms with E-state index in [1.807, 2.05) is 6.92 Å². The highest BCUT2D eigenvalue weighted by Gasteiger charge is 2.38. The van der Waals surface area contributed by atoms with E-state index in [0.717, 1.165) is 30.5 Å². The monoisotopic (exact) mass is 381 g/mol. The molecule has 140 valence electrons. The first-order chi connectivity index (χ1) is 12.3. The van der Waals surface area contributed by atoms with Crippen LogP contribution in [0.25, 0.3) is 0 Å². The highest BCUT2D eigenvalue weighted by atomic mass is 32.2. The van der Waals surface area contributed by atoms with Crippen molar-refractivity contribution in [2.24, 2.45) is 5.92 Å². The smallest absolute Gasteiger partial charge is 0.243 e. The molecule has 1 aliphatic rings. The minimum absolute atomic E-state index is 0.127. The van der Waals surface area contributed by atoms with Crippen LogP contribution in [0.4, 0.5) is 8.78 Å². The average molecular weight is 381 g/mol. The molecule has 2 aromatic carbocycles. The molecule has 2 aromatic rings. The zero-order chi connectivity index (χ0) is 18.9. The minimum atomic E-state index is -4.04. The van der Waals surface area contributed by atoms with Gasteiger partial charge in [0.2, 0.25) is 10.0 Å². The number of ether oxygens (including phenoxy) is 1. The summed E-state index contributed by atoms with van der Waals surface area (Å²) in [5, 5.41) is 0. The maximum absolute atomic E-state index is 13.6. The van der Waals surface area contributed by atoms with E-state index in [1.54, 1.807) is 31.4 Å². The van der Waals surface area contributed by atoms with E-state index in [0.29, 0.717) is 11.8 Å². The maximum atomic E-state index is 13.6. The molecular weight excluding hydrogens is 360 g/mol. The van der Waals surface area contributed by atoms with E-state index in [-0.39, 0.29) is 23.4 Å². The van der Waals surface area contributed by atoms with E-state index < -0.39 is 21.7 Å². The van der Waals surface area contributed by atoms with Gasteiger partial charge >= 0.3 is 0 Å². The fourth-order valence-electron chi connectivity index (χ4n) is 2.99. The molecule has 26 heavy (non-hydrogen) atoms. The second-order valence-electron chi connectivity index (χ2n) is 6.58.